The lowest BCUT2D eigenvalue weighted by molar-refractivity contribution is -0.149. The van der Waals surface area contributed by atoms with Crippen LogP contribution in [0.4, 0.5) is 0 Å². The number of carbonyl (C=O) groups excluding carboxylic acids is 1. The van der Waals surface area contributed by atoms with Crippen molar-refractivity contribution in [2.75, 3.05) is 32.8 Å². The molecule has 24 heavy (non-hydrogen) atoms. The van der Waals surface area contributed by atoms with E-state index in [1.165, 1.54) is 5.56 Å². The van der Waals surface area contributed by atoms with Crippen LogP contribution in [0, 0.1) is 19.8 Å². The maximum Gasteiger partial charge on any atom is 0.309 e. The Labute approximate surface area is 159 Å². The summed E-state index contributed by atoms with van der Waals surface area (Å²) in [5.74, 6) is 0.959. The third-order valence-electron chi connectivity index (χ3n) is 4.24. The zero-order chi connectivity index (χ0) is 16.8. The van der Waals surface area contributed by atoms with Crippen molar-refractivity contribution in [3.63, 3.8) is 0 Å². The molecule has 0 amide bonds. The van der Waals surface area contributed by atoms with Crippen LogP contribution in [0.25, 0.3) is 0 Å². The Kier molecular flexibility index (Phi) is 9.09. The van der Waals surface area contributed by atoms with Crippen molar-refractivity contribution >= 4 is 34.3 Å². The van der Waals surface area contributed by atoms with E-state index in [1.54, 1.807) is 0 Å². The fourth-order valence-corrected chi connectivity index (χ4v) is 3.80. The molecule has 1 saturated heterocycles. The predicted molar refractivity (Wildman–Crippen MR) is 102 cm³/mol. The molecule has 0 N–H and O–H groups in total. The zero-order valence-electron chi connectivity index (χ0n) is 14.6. The van der Waals surface area contributed by atoms with Gasteiger partial charge in [-0.2, -0.15) is 0 Å². The maximum atomic E-state index is 11.7. The Morgan fingerprint density at radius 2 is 1.96 bits per heavy atom. The number of likely N-dealkylation sites (tertiary alicyclic amines) is 1. The van der Waals surface area contributed by atoms with Crippen molar-refractivity contribution in [2.24, 2.45) is 5.92 Å². The molecule has 4 nitrogen and oxygen atoms in total. The number of carbonyl (C=O) groups is 1. The predicted octanol–water partition coefficient (Wildman–Crippen LogP) is 4.14. The molecule has 1 aromatic carbocycles. The monoisotopic (exact) mass is 419 g/mol. The van der Waals surface area contributed by atoms with Crippen molar-refractivity contribution < 1.29 is 14.3 Å². The van der Waals surface area contributed by atoms with E-state index in [-0.39, 0.29) is 24.3 Å². The molecule has 0 unspecified atom stereocenters. The number of aryl methyl sites for hydroxylation is 2. The fourth-order valence-electron chi connectivity index (χ4n) is 3.01. The standard InChI is InChI=1S/C18H26BrNO3.ClH/c1-4-22-18(21)15-5-7-20(8-6-15)9-10-23-17-14(3)11-13(2)12-16(17)19;/h11-12,15H,4-10H2,1-3H3;1H. The number of esters is 1. The van der Waals surface area contributed by atoms with Gasteiger partial charge in [0.15, 0.2) is 0 Å². The van der Waals surface area contributed by atoms with Crippen molar-refractivity contribution in [3.8, 4) is 5.75 Å². The SMILES string of the molecule is CCOC(=O)C1CCN(CCOc2c(C)cc(C)cc2Br)CC1.Cl. The second kappa shape index (κ2) is 10.3. The molecule has 1 fully saturated rings. The Morgan fingerprint density at radius 1 is 1.29 bits per heavy atom. The largest absolute Gasteiger partial charge is 0.491 e. The summed E-state index contributed by atoms with van der Waals surface area (Å²) in [7, 11) is 0. The molecule has 0 aliphatic carbocycles. The number of hydrogen-bond acceptors (Lipinski definition) is 4. The summed E-state index contributed by atoms with van der Waals surface area (Å²) >= 11 is 3.57. The Balaban J connectivity index is 0.00000288. The molecule has 136 valence electrons. The van der Waals surface area contributed by atoms with E-state index in [0.717, 1.165) is 48.3 Å². The van der Waals surface area contributed by atoms with Gasteiger partial charge in [0.1, 0.15) is 12.4 Å². The van der Waals surface area contributed by atoms with E-state index in [2.05, 4.69) is 46.8 Å². The van der Waals surface area contributed by atoms with Gasteiger partial charge in [0, 0.05) is 6.54 Å². The van der Waals surface area contributed by atoms with Crippen LogP contribution in [0.3, 0.4) is 0 Å². The third-order valence-corrected chi connectivity index (χ3v) is 4.82. The van der Waals surface area contributed by atoms with E-state index in [0.29, 0.717) is 13.2 Å². The van der Waals surface area contributed by atoms with Gasteiger partial charge < -0.3 is 9.47 Å². The molecule has 6 heteroatoms. The van der Waals surface area contributed by atoms with Crippen LogP contribution in [0.1, 0.15) is 30.9 Å². The van der Waals surface area contributed by atoms with E-state index in [1.807, 2.05) is 6.92 Å². The van der Waals surface area contributed by atoms with Crippen LogP contribution in [-0.2, 0) is 9.53 Å². The normalized spacial score (nSPS) is 15.7. The molecular formula is C18H27BrClNO3. The topological polar surface area (TPSA) is 38.8 Å². The Morgan fingerprint density at radius 3 is 2.54 bits per heavy atom. The van der Waals surface area contributed by atoms with Gasteiger partial charge in [-0.3, -0.25) is 9.69 Å². The minimum absolute atomic E-state index is 0. The molecule has 0 aromatic heterocycles. The summed E-state index contributed by atoms with van der Waals surface area (Å²) in [6.45, 7) is 9.88. The summed E-state index contributed by atoms with van der Waals surface area (Å²) in [5.41, 5.74) is 2.38. The quantitative estimate of drug-likeness (QED) is 0.648. The highest BCUT2D eigenvalue weighted by atomic mass is 79.9. The Hall–Kier alpha value is -0.780. The van der Waals surface area contributed by atoms with Crippen LogP contribution in [0.15, 0.2) is 16.6 Å². The summed E-state index contributed by atoms with van der Waals surface area (Å²) < 4.78 is 12.1. The lowest BCUT2D eigenvalue weighted by atomic mass is 9.97. The minimum Gasteiger partial charge on any atom is -0.491 e. The number of halogens is 2. The molecule has 0 bridgehead atoms. The molecule has 1 aliphatic rings. The number of piperidine rings is 1. The second-order valence-electron chi connectivity index (χ2n) is 6.11. The van der Waals surface area contributed by atoms with Gasteiger partial charge in [0.25, 0.3) is 0 Å². The van der Waals surface area contributed by atoms with E-state index >= 15 is 0 Å². The van der Waals surface area contributed by atoms with Crippen LogP contribution in [0.2, 0.25) is 0 Å². The smallest absolute Gasteiger partial charge is 0.309 e. The van der Waals surface area contributed by atoms with Gasteiger partial charge >= 0.3 is 5.97 Å². The minimum atomic E-state index is -0.0392. The van der Waals surface area contributed by atoms with Crippen LogP contribution in [0.5, 0.6) is 5.75 Å². The van der Waals surface area contributed by atoms with Crippen LogP contribution < -0.4 is 4.74 Å². The van der Waals surface area contributed by atoms with Gasteiger partial charge in [-0.15, -0.1) is 12.4 Å². The fraction of sp³-hybridized carbons (Fsp3) is 0.611. The summed E-state index contributed by atoms with van der Waals surface area (Å²) in [6.07, 6.45) is 1.76. The van der Waals surface area contributed by atoms with Crippen molar-refractivity contribution in [1.82, 2.24) is 4.90 Å². The molecule has 0 saturated carbocycles. The average molecular weight is 421 g/mol. The van der Waals surface area contributed by atoms with Gasteiger partial charge in [0.2, 0.25) is 0 Å². The highest BCUT2D eigenvalue weighted by Gasteiger charge is 2.25. The first-order valence-electron chi connectivity index (χ1n) is 8.29. The lowest BCUT2D eigenvalue weighted by Crippen LogP contribution is -2.39. The van der Waals surface area contributed by atoms with Crippen molar-refractivity contribution in [1.29, 1.82) is 0 Å². The van der Waals surface area contributed by atoms with Gasteiger partial charge in [-0.25, -0.2) is 0 Å². The van der Waals surface area contributed by atoms with Crippen LogP contribution in [-0.4, -0.2) is 43.7 Å². The van der Waals surface area contributed by atoms with Crippen molar-refractivity contribution in [2.45, 2.75) is 33.6 Å². The van der Waals surface area contributed by atoms with Crippen LogP contribution >= 0.6 is 28.3 Å². The molecule has 0 spiro atoms. The molecule has 1 aliphatic heterocycles. The lowest BCUT2D eigenvalue weighted by Gasteiger charge is -2.30. The summed E-state index contributed by atoms with van der Waals surface area (Å²) in [4.78, 5) is 14.1. The third kappa shape index (κ3) is 5.94. The zero-order valence-corrected chi connectivity index (χ0v) is 17.0. The van der Waals surface area contributed by atoms with E-state index in [4.69, 9.17) is 9.47 Å². The van der Waals surface area contributed by atoms with Gasteiger partial charge in [-0.05, 0) is 79.8 Å². The van der Waals surface area contributed by atoms with Gasteiger partial charge in [0.05, 0.1) is 17.0 Å². The van der Waals surface area contributed by atoms with Crippen molar-refractivity contribution in [3.05, 3.63) is 27.7 Å². The number of rotatable bonds is 6. The molecular weight excluding hydrogens is 394 g/mol. The maximum absolute atomic E-state index is 11.7. The second-order valence-corrected chi connectivity index (χ2v) is 6.96. The first-order valence-corrected chi connectivity index (χ1v) is 9.09. The first-order chi connectivity index (χ1) is 11.0. The molecule has 1 aromatic rings. The number of hydrogen-bond donors (Lipinski definition) is 0. The van der Waals surface area contributed by atoms with Gasteiger partial charge in [-0.1, -0.05) is 6.07 Å². The molecule has 2 rings (SSSR count). The number of ether oxygens (including phenoxy) is 2. The highest BCUT2D eigenvalue weighted by molar-refractivity contribution is 9.10. The van der Waals surface area contributed by atoms with E-state index < -0.39 is 0 Å². The molecule has 0 atom stereocenters. The van der Waals surface area contributed by atoms with E-state index in [9.17, 15) is 4.79 Å². The number of nitrogens with zero attached hydrogens (tertiary/aromatic N) is 1. The summed E-state index contributed by atoms with van der Waals surface area (Å²) in [6, 6.07) is 4.21. The Bertz CT molecular complexity index is 522. The highest BCUT2D eigenvalue weighted by Crippen LogP contribution is 2.30. The summed E-state index contributed by atoms with van der Waals surface area (Å²) in [5, 5.41) is 0. The first kappa shape index (κ1) is 21.3. The average Bonchev–Trinajstić information content (AvgIpc) is 2.50. The molecule has 1 heterocycles. The molecule has 0 radical (unpaired) electrons. The number of benzene rings is 1.